The second-order valence-electron chi connectivity index (χ2n) is 7.11. The maximum atomic E-state index is 12.5. The maximum Gasteiger partial charge on any atom is 0.269 e. The number of hydrogen-bond acceptors (Lipinski definition) is 5. The average Bonchev–Trinajstić information content (AvgIpc) is 3.33. The molecule has 0 saturated carbocycles. The van der Waals surface area contributed by atoms with Gasteiger partial charge in [-0.3, -0.25) is 20.4 Å². The van der Waals surface area contributed by atoms with Crippen LogP contribution >= 0.6 is 0 Å². The molecule has 31 heavy (non-hydrogen) atoms. The van der Waals surface area contributed by atoms with Crippen molar-refractivity contribution < 1.29 is 22.7 Å². The first-order valence-corrected chi connectivity index (χ1v) is 11.3. The number of carbonyl (C=O) groups excluding carboxylic acids is 2. The number of sulfonamides is 1. The Morgan fingerprint density at radius 2 is 1.65 bits per heavy atom. The van der Waals surface area contributed by atoms with E-state index in [1.54, 1.807) is 20.1 Å². The lowest BCUT2D eigenvalue weighted by Crippen LogP contribution is -2.40. The van der Waals surface area contributed by atoms with Gasteiger partial charge in [0.05, 0.1) is 12.0 Å². The molecule has 1 fully saturated rings. The largest absolute Gasteiger partial charge is 0.496 e. The van der Waals surface area contributed by atoms with Crippen LogP contribution < -0.4 is 15.6 Å². The van der Waals surface area contributed by atoms with Crippen molar-refractivity contribution >= 4 is 27.4 Å². The van der Waals surface area contributed by atoms with Crippen molar-refractivity contribution in [3.8, 4) is 5.75 Å². The fourth-order valence-electron chi connectivity index (χ4n) is 3.33. The topological polar surface area (TPSA) is 105 Å². The zero-order valence-electron chi connectivity index (χ0n) is 17.4. The summed E-state index contributed by atoms with van der Waals surface area (Å²) in [5.74, 6) is -0.427. The molecule has 0 spiro atoms. The van der Waals surface area contributed by atoms with E-state index >= 15 is 0 Å². The molecule has 2 aromatic carbocycles. The fourth-order valence-corrected chi connectivity index (χ4v) is 4.84. The van der Waals surface area contributed by atoms with E-state index < -0.39 is 21.8 Å². The smallest absolute Gasteiger partial charge is 0.269 e. The molecular weight excluding hydrogens is 418 g/mol. The Morgan fingerprint density at radius 3 is 2.29 bits per heavy atom. The van der Waals surface area contributed by atoms with Crippen LogP contribution in [-0.2, 0) is 14.8 Å². The van der Waals surface area contributed by atoms with Crippen molar-refractivity contribution in [1.82, 2.24) is 15.2 Å². The van der Waals surface area contributed by atoms with Crippen LogP contribution in [0.4, 0.5) is 0 Å². The standard InChI is InChI=1S/C22H25N3O5S/c1-16(19-7-3-4-8-20(19)30-2)15-21(26)23-24-22(27)17-9-11-18(12-10-17)31(28,29)25-13-5-6-14-25/h3-4,7-12,15H,5-6,13-14H2,1-2H3,(H,23,26)(H,24,27)/b16-15+. The van der Waals surface area contributed by atoms with Crippen LogP contribution in [-0.4, -0.2) is 44.7 Å². The fraction of sp³-hybridized carbons (Fsp3) is 0.273. The number of amides is 2. The summed E-state index contributed by atoms with van der Waals surface area (Å²) in [5, 5.41) is 0. The molecule has 1 aliphatic rings. The number of rotatable bonds is 6. The monoisotopic (exact) mass is 443 g/mol. The minimum absolute atomic E-state index is 0.144. The highest BCUT2D eigenvalue weighted by atomic mass is 32.2. The van der Waals surface area contributed by atoms with Gasteiger partial charge in [-0.25, -0.2) is 8.42 Å². The molecular formula is C22H25N3O5S. The predicted octanol–water partition coefficient (Wildman–Crippen LogP) is 2.34. The summed E-state index contributed by atoms with van der Waals surface area (Å²) in [5.41, 5.74) is 6.31. The van der Waals surface area contributed by atoms with Gasteiger partial charge in [-0.1, -0.05) is 18.2 Å². The van der Waals surface area contributed by atoms with E-state index in [0.717, 1.165) is 18.4 Å². The van der Waals surface area contributed by atoms with Crippen molar-refractivity contribution in [3.63, 3.8) is 0 Å². The average molecular weight is 444 g/mol. The van der Waals surface area contributed by atoms with E-state index in [4.69, 9.17) is 4.74 Å². The van der Waals surface area contributed by atoms with Gasteiger partial charge < -0.3 is 4.74 Å². The van der Waals surface area contributed by atoms with Gasteiger partial charge >= 0.3 is 0 Å². The third-order valence-electron chi connectivity index (χ3n) is 5.00. The zero-order chi connectivity index (χ0) is 22.4. The van der Waals surface area contributed by atoms with Gasteiger partial charge in [0.2, 0.25) is 10.0 Å². The number of benzene rings is 2. The third-order valence-corrected chi connectivity index (χ3v) is 6.91. The van der Waals surface area contributed by atoms with Crippen LogP contribution in [0.3, 0.4) is 0 Å². The van der Waals surface area contributed by atoms with Gasteiger partial charge in [-0.15, -0.1) is 0 Å². The molecule has 0 aromatic heterocycles. The summed E-state index contributed by atoms with van der Waals surface area (Å²) in [6.07, 6.45) is 3.05. The number of para-hydroxylation sites is 1. The number of ether oxygens (including phenoxy) is 1. The quantitative estimate of drug-likeness (QED) is 0.527. The summed E-state index contributed by atoms with van der Waals surface area (Å²) in [7, 11) is -1.99. The number of allylic oxidation sites excluding steroid dienone is 1. The van der Waals surface area contributed by atoms with E-state index in [2.05, 4.69) is 10.9 Å². The van der Waals surface area contributed by atoms with Crippen molar-refractivity contribution in [3.05, 3.63) is 65.7 Å². The molecule has 1 aliphatic heterocycles. The first kappa shape index (κ1) is 22.5. The summed E-state index contributed by atoms with van der Waals surface area (Å²) < 4.78 is 31.8. The molecule has 0 bridgehead atoms. The third kappa shape index (κ3) is 5.31. The van der Waals surface area contributed by atoms with E-state index in [-0.39, 0.29) is 10.5 Å². The van der Waals surface area contributed by atoms with Crippen molar-refractivity contribution in [2.75, 3.05) is 20.2 Å². The highest BCUT2D eigenvalue weighted by Crippen LogP contribution is 2.25. The Morgan fingerprint density at radius 1 is 1.00 bits per heavy atom. The van der Waals surface area contributed by atoms with Gasteiger partial charge in [-0.2, -0.15) is 4.31 Å². The Hall–Kier alpha value is -3.17. The van der Waals surface area contributed by atoms with Crippen LogP contribution in [0.5, 0.6) is 5.75 Å². The van der Waals surface area contributed by atoms with Crippen LogP contribution in [0.1, 0.15) is 35.7 Å². The minimum atomic E-state index is -3.54. The number of hydrazine groups is 1. The molecule has 0 aliphatic carbocycles. The molecule has 9 heteroatoms. The molecule has 1 saturated heterocycles. The maximum absolute atomic E-state index is 12.5. The lowest BCUT2D eigenvalue weighted by Gasteiger charge is -2.15. The molecule has 2 amide bonds. The van der Waals surface area contributed by atoms with Gasteiger partial charge in [0.1, 0.15) is 5.75 Å². The molecule has 8 nitrogen and oxygen atoms in total. The summed E-state index contributed by atoms with van der Waals surface area (Å²) in [6, 6.07) is 12.9. The summed E-state index contributed by atoms with van der Waals surface area (Å²) >= 11 is 0. The Labute approximate surface area is 181 Å². The Bertz CT molecular complexity index is 1090. The molecule has 2 aromatic rings. The molecule has 0 radical (unpaired) electrons. The second kappa shape index (κ2) is 9.76. The number of methoxy groups -OCH3 is 1. The first-order chi connectivity index (χ1) is 14.8. The van der Waals surface area contributed by atoms with Crippen LogP contribution in [0.25, 0.3) is 5.57 Å². The van der Waals surface area contributed by atoms with E-state index in [1.165, 1.54) is 34.6 Å². The van der Waals surface area contributed by atoms with Gasteiger partial charge in [0.15, 0.2) is 0 Å². The molecule has 3 rings (SSSR count). The molecule has 0 unspecified atom stereocenters. The van der Waals surface area contributed by atoms with Crippen molar-refractivity contribution in [2.45, 2.75) is 24.7 Å². The van der Waals surface area contributed by atoms with Gasteiger partial charge in [0, 0.05) is 30.3 Å². The molecule has 164 valence electrons. The van der Waals surface area contributed by atoms with Gasteiger partial charge in [0.25, 0.3) is 11.8 Å². The van der Waals surface area contributed by atoms with Crippen molar-refractivity contribution in [2.24, 2.45) is 0 Å². The Balaban J connectivity index is 1.61. The van der Waals surface area contributed by atoms with E-state index in [1.807, 2.05) is 18.2 Å². The van der Waals surface area contributed by atoms with Crippen molar-refractivity contribution in [1.29, 1.82) is 0 Å². The second-order valence-corrected chi connectivity index (χ2v) is 9.04. The van der Waals surface area contributed by atoms with Crippen LogP contribution in [0, 0.1) is 0 Å². The minimum Gasteiger partial charge on any atom is -0.496 e. The number of hydrogen-bond donors (Lipinski definition) is 2. The number of nitrogens with zero attached hydrogens (tertiary/aromatic N) is 1. The highest BCUT2D eigenvalue weighted by molar-refractivity contribution is 7.89. The SMILES string of the molecule is COc1ccccc1/C(C)=C/C(=O)NNC(=O)c1ccc(S(=O)(=O)N2CCCC2)cc1. The molecule has 1 heterocycles. The highest BCUT2D eigenvalue weighted by Gasteiger charge is 2.27. The molecule has 2 N–H and O–H groups in total. The summed E-state index contributed by atoms with van der Waals surface area (Å²) in [6.45, 7) is 2.79. The predicted molar refractivity (Wildman–Crippen MR) is 117 cm³/mol. The summed E-state index contributed by atoms with van der Waals surface area (Å²) in [4.78, 5) is 24.6. The lowest BCUT2D eigenvalue weighted by molar-refractivity contribution is -0.117. The lowest BCUT2D eigenvalue weighted by atomic mass is 10.1. The van der Waals surface area contributed by atoms with Gasteiger partial charge in [-0.05, 0) is 55.7 Å². The Kier molecular flexibility index (Phi) is 7.09. The first-order valence-electron chi connectivity index (χ1n) is 9.85. The van der Waals surface area contributed by atoms with E-state index in [0.29, 0.717) is 24.4 Å². The number of nitrogens with one attached hydrogen (secondary N) is 2. The normalized spacial score (nSPS) is 14.8. The zero-order valence-corrected chi connectivity index (χ0v) is 18.2. The molecule has 0 atom stereocenters. The van der Waals surface area contributed by atoms with Crippen LogP contribution in [0.2, 0.25) is 0 Å². The van der Waals surface area contributed by atoms with E-state index in [9.17, 15) is 18.0 Å². The van der Waals surface area contributed by atoms with Crippen LogP contribution in [0.15, 0.2) is 59.5 Å². The number of carbonyl (C=O) groups is 2.